The summed E-state index contributed by atoms with van der Waals surface area (Å²) in [5.41, 5.74) is 9.32. The van der Waals surface area contributed by atoms with Crippen molar-refractivity contribution < 1.29 is 9.59 Å². The van der Waals surface area contributed by atoms with E-state index in [1.807, 2.05) is 24.1 Å². The molecule has 0 unspecified atom stereocenters. The van der Waals surface area contributed by atoms with Crippen molar-refractivity contribution >= 4 is 28.9 Å². The van der Waals surface area contributed by atoms with Gasteiger partial charge in [-0.15, -0.1) is 0 Å². The van der Waals surface area contributed by atoms with Gasteiger partial charge in [-0.3, -0.25) is 9.59 Å². The highest BCUT2D eigenvalue weighted by Crippen LogP contribution is 2.32. The number of carbonyl (C=O) groups is 2. The molecule has 0 bridgehead atoms. The largest absolute Gasteiger partial charge is 0.397 e. The molecule has 0 saturated heterocycles. The van der Waals surface area contributed by atoms with Crippen LogP contribution in [0.1, 0.15) is 24.8 Å². The van der Waals surface area contributed by atoms with Crippen molar-refractivity contribution in [1.29, 1.82) is 0 Å². The lowest BCUT2D eigenvalue weighted by Gasteiger charge is -2.24. The van der Waals surface area contributed by atoms with Crippen molar-refractivity contribution in [2.75, 3.05) is 29.5 Å². The maximum absolute atomic E-state index is 11.9. The first-order valence-electron chi connectivity index (χ1n) is 7.25. The van der Waals surface area contributed by atoms with Crippen molar-refractivity contribution in [3.63, 3.8) is 0 Å². The Bertz CT molecular complexity index is 596. The van der Waals surface area contributed by atoms with E-state index in [2.05, 4.69) is 10.6 Å². The minimum absolute atomic E-state index is 0.00107. The van der Waals surface area contributed by atoms with Crippen LogP contribution in [-0.2, 0) is 16.0 Å². The first-order valence-corrected chi connectivity index (χ1v) is 7.25. The zero-order valence-corrected chi connectivity index (χ0v) is 12.1. The molecule has 0 radical (unpaired) electrons. The van der Waals surface area contributed by atoms with Crippen LogP contribution in [0.25, 0.3) is 0 Å². The SMILES string of the molecule is CN(CC(=O)NC1CC1)c1cc2c(cc1N)CCC(=O)N2. The molecule has 0 aromatic heterocycles. The lowest BCUT2D eigenvalue weighted by molar-refractivity contribution is -0.120. The van der Waals surface area contributed by atoms with Crippen LogP contribution in [0.5, 0.6) is 0 Å². The van der Waals surface area contributed by atoms with Gasteiger partial charge in [-0.25, -0.2) is 0 Å². The van der Waals surface area contributed by atoms with Crippen molar-refractivity contribution in [3.8, 4) is 0 Å². The number of aryl methyl sites for hydroxylation is 1. The highest BCUT2D eigenvalue weighted by molar-refractivity contribution is 5.96. The Morgan fingerprint density at radius 3 is 2.90 bits per heavy atom. The normalized spacial score (nSPS) is 16.9. The second-order valence-corrected chi connectivity index (χ2v) is 5.81. The molecule has 1 aromatic rings. The Balaban J connectivity index is 1.75. The Labute approximate surface area is 123 Å². The van der Waals surface area contributed by atoms with Gasteiger partial charge >= 0.3 is 0 Å². The standard InChI is InChI=1S/C15H20N4O2/c1-19(8-15(21)17-10-3-4-10)13-7-12-9(6-11(13)16)2-5-14(20)18-12/h6-7,10H,2-5,8,16H2,1H3,(H,17,21)(H,18,20). The van der Waals surface area contributed by atoms with E-state index in [1.54, 1.807) is 0 Å². The summed E-state index contributed by atoms with van der Waals surface area (Å²) in [5, 5.41) is 5.81. The molecule has 1 aromatic carbocycles. The average Bonchev–Trinajstić information content (AvgIpc) is 3.22. The monoisotopic (exact) mass is 288 g/mol. The maximum atomic E-state index is 11.9. The van der Waals surface area contributed by atoms with Crippen LogP contribution in [0.2, 0.25) is 0 Å². The fourth-order valence-corrected chi connectivity index (χ4v) is 2.57. The summed E-state index contributed by atoms with van der Waals surface area (Å²) < 4.78 is 0. The number of nitrogens with two attached hydrogens (primary N) is 1. The fourth-order valence-electron chi connectivity index (χ4n) is 2.57. The molecule has 1 aliphatic heterocycles. The average molecular weight is 288 g/mol. The lowest BCUT2D eigenvalue weighted by atomic mass is 10.0. The van der Waals surface area contributed by atoms with Crippen molar-refractivity contribution in [2.45, 2.75) is 31.7 Å². The van der Waals surface area contributed by atoms with Crippen LogP contribution in [0.15, 0.2) is 12.1 Å². The van der Waals surface area contributed by atoms with Gasteiger partial charge in [-0.05, 0) is 37.0 Å². The Kier molecular flexibility index (Phi) is 3.45. The van der Waals surface area contributed by atoms with Crippen LogP contribution >= 0.6 is 0 Å². The van der Waals surface area contributed by atoms with Gasteiger partial charge in [0.15, 0.2) is 0 Å². The van der Waals surface area contributed by atoms with Gasteiger partial charge in [0.1, 0.15) is 0 Å². The topological polar surface area (TPSA) is 87.5 Å². The molecule has 112 valence electrons. The van der Waals surface area contributed by atoms with Gasteiger partial charge in [-0.2, -0.15) is 0 Å². The zero-order chi connectivity index (χ0) is 15.0. The number of fused-ring (bicyclic) bond motifs is 1. The number of hydrogen-bond acceptors (Lipinski definition) is 4. The molecule has 2 amide bonds. The summed E-state index contributed by atoms with van der Waals surface area (Å²) in [5.74, 6) is 0.0218. The molecule has 6 heteroatoms. The number of nitrogen functional groups attached to an aromatic ring is 1. The summed E-state index contributed by atoms with van der Waals surface area (Å²) in [6, 6.07) is 4.09. The minimum atomic E-state index is 0.00107. The molecule has 2 aliphatic rings. The van der Waals surface area contributed by atoms with E-state index < -0.39 is 0 Å². The maximum Gasteiger partial charge on any atom is 0.239 e. The Morgan fingerprint density at radius 1 is 1.43 bits per heavy atom. The minimum Gasteiger partial charge on any atom is -0.397 e. The van der Waals surface area contributed by atoms with E-state index >= 15 is 0 Å². The van der Waals surface area contributed by atoms with Crippen molar-refractivity contribution in [1.82, 2.24) is 5.32 Å². The number of hydrogen-bond donors (Lipinski definition) is 3. The van der Waals surface area contributed by atoms with Crippen LogP contribution in [0, 0.1) is 0 Å². The molecule has 21 heavy (non-hydrogen) atoms. The number of rotatable bonds is 4. The molecule has 1 fully saturated rings. The predicted octanol–water partition coefficient (Wildman–Crippen LogP) is 0.868. The number of nitrogens with zero attached hydrogens (tertiary/aromatic N) is 1. The fraction of sp³-hybridized carbons (Fsp3) is 0.467. The third-order valence-corrected chi connectivity index (χ3v) is 3.88. The summed E-state index contributed by atoms with van der Waals surface area (Å²) in [7, 11) is 1.83. The molecular weight excluding hydrogens is 268 g/mol. The summed E-state index contributed by atoms with van der Waals surface area (Å²) in [6.07, 6.45) is 3.34. The van der Waals surface area contributed by atoms with E-state index in [9.17, 15) is 9.59 Å². The van der Waals surface area contributed by atoms with E-state index in [0.29, 0.717) is 24.6 Å². The smallest absolute Gasteiger partial charge is 0.239 e. The quantitative estimate of drug-likeness (QED) is 0.717. The van der Waals surface area contributed by atoms with E-state index in [0.717, 1.165) is 29.8 Å². The third-order valence-electron chi connectivity index (χ3n) is 3.88. The number of benzene rings is 1. The Morgan fingerprint density at radius 2 is 2.19 bits per heavy atom. The number of likely N-dealkylation sites (N-methyl/N-ethyl adjacent to an activating group) is 1. The number of anilines is 3. The second-order valence-electron chi connectivity index (χ2n) is 5.81. The van der Waals surface area contributed by atoms with E-state index in [4.69, 9.17) is 5.73 Å². The molecular formula is C15H20N4O2. The van der Waals surface area contributed by atoms with E-state index in [1.165, 1.54) is 0 Å². The molecule has 0 spiro atoms. The molecule has 1 saturated carbocycles. The predicted molar refractivity (Wildman–Crippen MR) is 82.2 cm³/mol. The van der Waals surface area contributed by atoms with E-state index in [-0.39, 0.29) is 18.4 Å². The number of nitrogens with one attached hydrogen (secondary N) is 2. The third kappa shape index (κ3) is 3.09. The molecule has 6 nitrogen and oxygen atoms in total. The number of carbonyl (C=O) groups excluding carboxylic acids is 2. The van der Waals surface area contributed by atoms with Crippen LogP contribution in [0.3, 0.4) is 0 Å². The van der Waals surface area contributed by atoms with Crippen LogP contribution in [-0.4, -0.2) is 31.4 Å². The Hall–Kier alpha value is -2.24. The summed E-state index contributed by atoms with van der Waals surface area (Å²) >= 11 is 0. The highest BCUT2D eigenvalue weighted by atomic mass is 16.2. The number of amides is 2. The zero-order valence-electron chi connectivity index (χ0n) is 12.1. The highest BCUT2D eigenvalue weighted by Gasteiger charge is 2.24. The first-order chi connectivity index (χ1) is 10.0. The van der Waals surface area contributed by atoms with Gasteiger partial charge < -0.3 is 21.3 Å². The van der Waals surface area contributed by atoms with Gasteiger partial charge in [0.05, 0.1) is 17.9 Å². The summed E-state index contributed by atoms with van der Waals surface area (Å²) in [4.78, 5) is 25.2. The molecule has 3 rings (SSSR count). The molecule has 0 atom stereocenters. The van der Waals surface area contributed by atoms with Crippen LogP contribution in [0.4, 0.5) is 17.1 Å². The molecule has 1 heterocycles. The first kappa shape index (κ1) is 13.7. The lowest BCUT2D eigenvalue weighted by Crippen LogP contribution is -2.36. The second kappa shape index (κ2) is 5.27. The van der Waals surface area contributed by atoms with Crippen molar-refractivity contribution in [2.24, 2.45) is 0 Å². The van der Waals surface area contributed by atoms with Crippen LogP contribution < -0.4 is 21.3 Å². The van der Waals surface area contributed by atoms with Gasteiger partial charge in [0.2, 0.25) is 11.8 Å². The van der Waals surface area contributed by atoms with Crippen molar-refractivity contribution in [3.05, 3.63) is 17.7 Å². The van der Waals surface area contributed by atoms with Gasteiger partial charge in [0.25, 0.3) is 0 Å². The molecule has 4 N–H and O–H groups in total. The van der Waals surface area contributed by atoms with Gasteiger partial charge in [-0.1, -0.05) is 0 Å². The molecule has 1 aliphatic carbocycles. The van der Waals surface area contributed by atoms with Gasteiger partial charge in [0, 0.05) is 25.2 Å². The summed E-state index contributed by atoms with van der Waals surface area (Å²) in [6.45, 7) is 0.257.